The first-order valence-electron chi connectivity index (χ1n) is 11.4. The summed E-state index contributed by atoms with van der Waals surface area (Å²) >= 11 is 2.45. The molecule has 1 fully saturated rings. The number of carboxylic acid groups (broad SMARTS) is 1. The van der Waals surface area contributed by atoms with Gasteiger partial charge in [0.25, 0.3) is 0 Å². The average Bonchev–Trinajstić information content (AvgIpc) is 3.21. The van der Waals surface area contributed by atoms with E-state index in [4.69, 9.17) is 4.74 Å². The molecule has 0 atom stereocenters. The van der Waals surface area contributed by atoms with Gasteiger partial charge in [-0.25, -0.2) is 14.2 Å². The number of nitrogens with one attached hydrogen (secondary N) is 1. The number of thioether (sulfide) groups is 1. The number of aliphatic carboxylic acids is 1. The Balaban J connectivity index is 1.70. The lowest BCUT2D eigenvalue weighted by Gasteiger charge is -2.36. The van der Waals surface area contributed by atoms with Crippen LogP contribution in [0.3, 0.4) is 0 Å². The van der Waals surface area contributed by atoms with Gasteiger partial charge < -0.3 is 14.7 Å². The van der Waals surface area contributed by atoms with Gasteiger partial charge in [-0.1, -0.05) is 36.1 Å². The van der Waals surface area contributed by atoms with Crippen molar-refractivity contribution in [3.8, 4) is 5.75 Å². The van der Waals surface area contributed by atoms with Crippen LogP contribution in [0.4, 0.5) is 14.3 Å². The maximum absolute atomic E-state index is 14.1. The van der Waals surface area contributed by atoms with Crippen LogP contribution in [0.15, 0.2) is 28.6 Å². The van der Waals surface area contributed by atoms with Gasteiger partial charge >= 0.3 is 12.0 Å². The molecule has 0 aliphatic heterocycles. The van der Waals surface area contributed by atoms with Crippen molar-refractivity contribution < 1.29 is 23.8 Å². The van der Waals surface area contributed by atoms with Crippen LogP contribution in [0.25, 0.3) is 0 Å². The number of hydrogen-bond acceptors (Lipinski definition) is 6. The minimum Gasteiger partial charge on any atom is -0.494 e. The average molecular weight is 510 g/mol. The summed E-state index contributed by atoms with van der Waals surface area (Å²) < 4.78 is 18.8. The highest BCUT2D eigenvalue weighted by Gasteiger charge is 2.30. The van der Waals surface area contributed by atoms with E-state index in [1.807, 2.05) is 11.0 Å². The lowest BCUT2D eigenvalue weighted by Crippen LogP contribution is -2.45. The van der Waals surface area contributed by atoms with Gasteiger partial charge in [0.2, 0.25) is 0 Å². The Bertz CT molecular complexity index is 1010. The molecular weight excluding hydrogens is 477 g/mol. The number of hydrogen-bond donors (Lipinski definition) is 2. The first kappa shape index (κ1) is 26.3. The van der Waals surface area contributed by atoms with Crippen LogP contribution in [-0.4, -0.2) is 51.4 Å². The molecule has 1 saturated carbocycles. The summed E-state index contributed by atoms with van der Waals surface area (Å²) in [5.41, 5.74) is 0.795. The van der Waals surface area contributed by atoms with Gasteiger partial charge in [0.05, 0.1) is 17.5 Å². The van der Waals surface area contributed by atoms with Gasteiger partial charge in [-0.05, 0) is 69.6 Å². The molecule has 0 radical (unpaired) electrons. The van der Waals surface area contributed by atoms with Crippen LogP contribution < -0.4 is 10.1 Å². The Morgan fingerprint density at radius 3 is 2.65 bits per heavy atom. The monoisotopic (exact) mass is 509 g/mol. The van der Waals surface area contributed by atoms with Crippen molar-refractivity contribution in [1.82, 2.24) is 9.88 Å². The number of carbonyl (C=O) groups is 2. The summed E-state index contributed by atoms with van der Waals surface area (Å²) in [4.78, 5) is 30.8. The van der Waals surface area contributed by atoms with Gasteiger partial charge in [-0.15, -0.1) is 0 Å². The van der Waals surface area contributed by atoms with Crippen LogP contribution >= 0.6 is 23.1 Å². The molecule has 0 bridgehead atoms. The number of methoxy groups -OCH3 is 1. The summed E-state index contributed by atoms with van der Waals surface area (Å²) in [6, 6.07) is 4.74. The zero-order chi connectivity index (χ0) is 24.9. The Morgan fingerprint density at radius 1 is 1.32 bits per heavy atom. The van der Waals surface area contributed by atoms with E-state index in [1.165, 1.54) is 36.3 Å². The number of halogens is 1. The number of aromatic nitrogens is 1. The lowest BCUT2D eigenvalue weighted by molar-refractivity contribution is -0.138. The van der Waals surface area contributed by atoms with Crippen LogP contribution in [-0.2, 0) is 11.2 Å². The normalized spacial score (nSPS) is 18.4. The second-order valence-corrected chi connectivity index (χ2v) is 12.1. The molecule has 10 heteroatoms. The molecule has 3 rings (SSSR count). The highest BCUT2D eigenvalue weighted by molar-refractivity contribution is 8.03. The predicted molar refractivity (Wildman–Crippen MR) is 133 cm³/mol. The fourth-order valence-electron chi connectivity index (χ4n) is 3.94. The number of amides is 2. The molecule has 0 saturated heterocycles. The fraction of sp³-hybridized carbons (Fsp3) is 0.542. The van der Waals surface area contributed by atoms with E-state index in [0.717, 1.165) is 35.5 Å². The van der Waals surface area contributed by atoms with E-state index in [2.05, 4.69) is 17.2 Å². The molecule has 34 heavy (non-hydrogen) atoms. The predicted octanol–water partition coefficient (Wildman–Crippen LogP) is 5.90. The van der Waals surface area contributed by atoms with Gasteiger partial charge in [0.15, 0.2) is 16.7 Å². The molecule has 1 aromatic heterocycles. The standard InChI is InChI=1S/C24H32FN3O4S2/c1-15-5-8-17(9-6-15)28(12-11-16-7-10-19(32-4)18(25)13-16)23(31)27-22-26-14-20(33-22)34-24(2,3)21(29)30/h7,10,13-15,17H,5-6,8-9,11-12H2,1-4H3,(H,29,30)(H,26,27,31). The van der Waals surface area contributed by atoms with E-state index in [1.54, 1.807) is 26.1 Å². The second kappa shape index (κ2) is 11.4. The largest absolute Gasteiger partial charge is 0.494 e. The minimum absolute atomic E-state index is 0.110. The molecule has 2 amide bonds. The lowest BCUT2D eigenvalue weighted by atomic mass is 9.86. The number of urea groups is 1. The molecule has 2 aromatic rings. The molecule has 0 spiro atoms. The number of ether oxygens (including phenoxy) is 1. The van der Waals surface area contributed by atoms with Crippen LogP contribution in [0.1, 0.15) is 52.0 Å². The third kappa shape index (κ3) is 6.85. The van der Waals surface area contributed by atoms with Crippen molar-refractivity contribution >= 4 is 40.2 Å². The molecule has 7 nitrogen and oxygen atoms in total. The Labute approximate surface area is 208 Å². The number of thiazole rings is 1. The molecule has 1 aromatic carbocycles. The molecular formula is C24H32FN3O4S2. The topological polar surface area (TPSA) is 91.8 Å². The number of anilines is 1. The smallest absolute Gasteiger partial charge is 0.323 e. The van der Waals surface area contributed by atoms with Crippen LogP contribution in [0.5, 0.6) is 5.75 Å². The van der Waals surface area contributed by atoms with E-state index in [9.17, 15) is 19.1 Å². The Morgan fingerprint density at radius 2 is 2.03 bits per heavy atom. The zero-order valence-electron chi connectivity index (χ0n) is 20.0. The van der Waals surface area contributed by atoms with Gasteiger partial charge in [-0.2, -0.15) is 0 Å². The van der Waals surface area contributed by atoms with Crippen molar-refractivity contribution in [3.05, 3.63) is 35.8 Å². The maximum Gasteiger partial charge on any atom is 0.323 e. The van der Waals surface area contributed by atoms with Gasteiger partial charge in [0, 0.05) is 12.6 Å². The van der Waals surface area contributed by atoms with Crippen molar-refractivity contribution in [1.29, 1.82) is 0 Å². The van der Waals surface area contributed by atoms with E-state index in [-0.39, 0.29) is 17.8 Å². The third-order valence-electron chi connectivity index (χ3n) is 6.11. The molecule has 186 valence electrons. The number of carboxylic acids is 1. The van der Waals surface area contributed by atoms with E-state index in [0.29, 0.717) is 24.0 Å². The van der Waals surface area contributed by atoms with E-state index >= 15 is 0 Å². The molecule has 1 aliphatic carbocycles. The van der Waals surface area contributed by atoms with Gasteiger partial charge in [-0.3, -0.25) is 10.1 Å². The van der Waals surface area contributed by atoms with Gasteiger partial charge in [0.1, 0.15) is 4.75 Å². The Kier molecular flexibility index (Phi) is 8.81. The van der Waals surface area contributed by atoms with Crippen molar-refractivity contribution in [2.75, 3.05) is 19.0 Å². The highest BCUT2D eigenvalue weighted by atomic mass is 32.2. The van der Waals surface area contributed by atoms with Crippen LogP contribution in [0.2, 0.25) is 0 Å². The number of rotatable bonds is 9. The SMILES string of the molecule is COc1ccc(CCN(C(=O)Nc2ncc(SC(C)(C)C(=O)O)s2)C2CCC(C)CC2)cc1F. The Hall–Kier alpha value is -2.33. The maximum atomic E-state index is 14.1. The summed E-state index contributed by atoms with van der Waals surface area (Å²) in [5, 5.41) is 12.7. The minimum atomic E-state index is -0.994. The molecule has 0 unspecified atom stereocenters. The summed E-state index contributed by atoms with van der Waals surface area (Å²) in [5.74, 6) is -0.486. The van der Waals surface area contributed by atoms with Crippen LogP contribution in [0, 0.1) is 11.7 Å². The second-order valence-electron chi connectivity index (χ2n) is 9.16. The third-order valence-corrected chi connectivity index (χ3v) is 8.31. The van der Waals surface area contributed by atoms with E-state index < -0.39 is 16.5 Å². The quantitative estimate of drug-likeness (QED) is 0.409. The number of benzene rings is 1. The van der Waals surface area contributed by atoms with Crippen molar-refractivity contribution in [3.63, 3.8) is 0 Å². The summed E-state index contributed by atoms with van der Waals surface area (Å²) in [7, 11) is 1.43. The van der Waals surface area contributed by atoms with Crippen molar-refractivity contribution in [2.24, 2.45) is 5.92 Å². The molecule has 1 aliphatic rings. The first-order valence-corrected chi connectivity index (χ1v) is 13.0. The fourth-order valence-corrected chi connectivity index (χ4v) is 6.21. The number of nitrogens with zero attached hydrogens (tertiary/aromatic N) is 2. The zero-order valence-corrected chi connectivity index (χ0v) is 21.6. The first-order chi connectivity index (χ1) is 16.1. The van der Waals surface area contributed by atoms with Crippen molar-refractivity contribution in [2.45, 2.75) is 67.9 Å². The summed E-state index contributed by atoms with van der Waals surface area (Å²) in [6.45, 7) is 5.95. The molecule has 1 heterocycles. The number of carbonyl (C=O) groups excluding carboxylic acids is 1. The highest BCUT2D eigenvalue weighted by Crippen LogP contribution is 2.37. The summed E-state index contributed by atoms with van der Waals surface area (Å²) in [6.07, 6.45) is 6.09. The molecule has 2 N–H and O–H groups in total.